The third-order valence-electron chi connectivity index (χ3n) is 5.43. The molecule has 0 bridgehead atoms. The van der Waals surface area contributed by atoms with Crippen LogP contribution in [0, 0.1) is 0 Å². The molecule has 0 aromatic heterocycles. The summed E-state index contributed by atoms with van der Waals surface area (Å²) in [5, 5.41) is 2.65. The van der Waals surface area contributed by atoms with Gasteiger partial charge in [-0.2, -0.15) is 0 Å². The van der Waals surface area contributed by atoms with Crippen LogP contribution in [0.15, 0.2) is 97.1 Å². The van der Waals surface area contributed by atoms with E-state index in [-0.39, 0.29) is 0 Å². The Morgan fingerprint density at radius 1 is 0.667 bits per heavy atom. The van der Waals surface area contributed by atoms with E-state index < -0.39 is 0 Å². The lowest BCUT2D eigenvalue weighted by Gasteiger charge is -2.26. The van der Waals surface area contributed by atoms with Gasteiger partial charge in [0.15, 0.2) is 0 Å². The van der Waals surface area contributed by atoms with Gasteiger partial charge in [0.05, 0.1) is 0 Å². The van der Waals surface area contributed by atoms with Crippen LogP contribution in [0.25, 0.3) is 21.9 Å². The molecule has 0 N–H and O–H groups in total. The van der Waals surface area contributed by atoms with Crippen molar-refractivity contribution in [1.29, 1.82) is 0 Å². The second kappa shape index (κ2) is 7.77. The second-order valence-corrected chi connectivity index (χ2v) is 7.22. The Kier molecular flexibility index (Phi) is 5.04. The topological polar surface area (TPSA) is 3.24 Å². The van der Waals surface area contributed by atoms with Crippen molar-refractivity contribution in [3.63, 3.8) is 0 Å². The molecule has 0 saturated heterocycles. The first-order valence-electron chi connectivity index (χ1n) is 9.54. The second-order valence-electron chi connectivity index (χ2n) is 7.22. The highest BCUT2D eigenvalue weighted by Gasteiger charge is 2.14. The molecule has 1 nitrogen and oxygen atoms in total. The first-order valence-corrected chi connectivity index (χ1v) is 9.54. The number of benzene rings is 4. The van der Waals surface area contributed by atoms with Crippen molar-refractivity contribution in [3.05, 3.63) is 108 Å². The highest BCUT2D eigenvalue weighted by molar-refractivity contribution is 5.86. The molecule has 4 aromatic rings. The Bertz CT molecular complexity index is 1010. The van der Waals surface area contributed by atoms with Gasteiger partial charge < -0.3 is 0 Å². The molecule has 0 unspecified atom stereocenters. The molecule has 0 radical (unpaired) electrons. The average molecular weight is 351 g/mol. The molecule has 27 heavy (non-hydrogen) atoms. The minimum Gasteiger partial charge on any atom is -0.295 e. The van der Waals surface area contributed by atoms with Crippen molar-refractivity contribution in [2.24, 2.45) is 0 Å². The van der Waals surface area contributed by atoms with E-state index in [4.69, 9.17) is 0 Å². The van der Waals surface area contributed by atoms with E-state index in [1.807, 2.05) is 0 Å². The number of hydrogen-bond donors (Lipinski definition) is 0. The van der Waals surface area contributed by atoms with E-state index in [9.17, 15) is 0 Å². The van der Waals surface area contributed by atoms with Crippen LogP contribution in [0.3, 0.4) is 0 Å². The van der Waals surface area contributed by atoms with Crippen LogP contribution >= 0.6 is 0 Å². The number of rotatable bonds is 5. The van der Waals surface area contributed by atoms with E-state index in [0.29, 0.717) is 6.04 Å². The van der Waals surface area contributed by atoms with Crippen molar-refractivity contribution in [2.75, 3.05) is 7.05 Å². The number of fused-ring (bicyclic) bond motifs is 1. The zero-order valence-electron chi connectivity index (χ0n) is 16.0. The van der Waals surface area contributed by atoms with Crippen LogP contribution in [0.1, 0.15) is 24.1 Å². The fourth-order valence-corrected chi connectivity index (χ4v) is 3.71. The molecule has 0 heterocycles. The summed E-state index contributed by atoms with van der Waals surface area (Å²) in [5.41, 5.74) is 5.26. The first kappa shape index (κ1) is 17.5. The normalized spacial score (nSPS) is 12.4. The van der Waals surface area contributed by atoms with Gasteiger partial charge in [0.2, 0.25) is 0 Å². The molecule has 134 valence electrons. The molecule has 0 aliphatic rings. The molecule has 1 atom stereocenters. The largest absolute Gasteiger partial charge is 0.295 e. The molecule has 4 rings (SSSR count). The van der Waals surface area contributed by atoms with E-state index >= 15 is 0 Å². The third-order valence-corrected chi connectivity index (χ3v) is 5.43. The molecule has 0 spiro atoms. The standard InChI is InChI=1S/C26H25N/c1-20(25-14-8-12-24-11-6-7-13-26(24)25)27(2)19-21-15-17-23(18-16-21)22-9-4-3-5-10-22/h3-18,20H,19H2,1-2H3/t20-/m1/s1. The predicted octanol–water partition coefficient (Wildman–Crippen LogP) is 6.70. The Morgan fingerprint density at radius 2 is 1.30 bits per heavy atom. The molecule has 4 aromatic carbocycles. The Hall–Kier alpha value is -2.90. The van der Waals surface area contributed by atoms with Crippen molar-refractivity contribution in [1.82, 2.24) is 4.90 Å². The van der Waals surface area contributed by atoms with Gasteiger partial charge in [-0.05, 0) is 47.0 Å². The van der Waals surface area contributed by atoms with Crippen molar-refractivity contribution >= 4 is 10.8 Å². The van der Waals surface area contributed by atoms with Crippen LogP contribution in [-0.4, -0.2) is 11.9 Å². The molecule has 0 aliphatic carbocycles. The molecular formula is C26H25N. The van der Waals surface area contributed by atoms with Crippen LogP contribution in [0.5, 0.6) is 0 Å². The summed E-state index contributed by atoms with van der Waals surface area (Å²) < 4.78 is 0. The van der Waals surface area contributed by atoms with Crippen molar-refractivity contribution in [2.45, 2.75) is 19.5 Å². The quantitative estimate of drug-likeness (QED) is 0.387. The zero-order chi connectivity index (χ0) is 18.6. The highest BCUT2D eigenvalue weighted by atomic mass is 15.1. The van der Waals surface area contributed by atoms with E-state index in [0.717, 1.165) is 6.54 Å². The van der Waals surface area contributed by atoms with Gasteiger partial charge in [-0.25, -0.2) is 0 Å². The molecule has 0 saturated carbocycles. The van der Waals surface area contributed by atoms with Gasteiger partial charge in [-0.1, -0.05) is 97.1 Å². The van der Waals surface area contributed by atoms with E-state index in [2.05, 4.69) is 116 Å². The Labute approximate surface area is 161 Å². The SMILES string of the molecule is C[C@H](c1cccc2ccccc12)N(C)Cc1ccc(-c2ccccc2)cc1. The van der Waals surface area contributed by atoms with Gasteiger partial charge >= 0.3 is 0 Å². The molecule has 1 heteroatoms. The minimum atomic E-state index is 0.352. The van der Waals surface area contributed by atoms with Crippen LogP contribution in [-0.2, 0) is 6.54 Å². The van der Waals surface area contributed by atoms with Gasteiger partial charge in [0.25, 0.3) is 0 Å². The summed E-state index contributed by atoms with van der Waals surface area (Å²) in [7, 11) is 2.21. The fourth-order valence-electron chi connectivity index (χ4n) is 3.71. The van der Waals surface area contributed by atoms with Crippen LogP contribution < -0.4 is 0 Å². The predicted molar refractivity (Wildman–Crippen MR) is 116 cm³/mol. The highest BCUT2D eigenvalue weighted by Crippen LogP contribution is 2.28. The smallest absolute Gasteiger partial charge is 0.0326 e. The summed E-state index contributed by atoms with van der Waals surface area (Å²) >= 11 is 0. The maximum Gasteiger partial charge on any atom is 0.0326 e. The third kappa shape index (κ3) is 3.79. The molecular weight excluding hydrogens is 326 g/mol. The van der Waals surface area contributed by atoms with Gasteiger partial charge in [-0.3, -0.25) is 4.90 Å². The lowest BCUT2D eigenvalue weighted by atomic mass is 9.98. The van der Waals surface area contributed by atoms with Gasteiger partial charge in [0, 0.05) is 12.6 Å². The number of nitrogens with zero attached hydrogens (tertiary/aromatic N) is 1. The zero-order valence-corrected chi connectivity index (χ0v) is 16.0. The summed E-state index contributed by atoms with van der Waals surface area (Å²) in [6.45, 7) is 3.22. The minimum absolute atomic E-state index is 0.352. The van der Waals surface area contributed by atoms with Gasteiger partial charge in [0.1, 0.15) is 0 Å². The Balaban J connectivity index is 1.52. The average Bonchev–Trinajstić information content (AvgIpc) is 2.74. The maximum atomic E-state index is 2.42. The van der Waals surface area contributed by atoms with E-state index in [1.165, 1.54) is 33.0 Å². The van der Waals surface area contributed by atoms with Gasteiger partial charge in [-0.15, -0.1) is 0 Å². The lowest BCUT2D eigenvalue weighted by Crippen LogP contribution is -2.22. The van der Waals surface area contributed by atoms with Crippen LogP contribution in [0.2, 0.25) is 0 Å². The summed E-state index contributed by atoms with van der Waals surface area (Å²) in [5.74, 6) is 0. The molecule has 0 aliphatic heterocycles. The summed E-state index contributed by atoms with van der Waals surface area (Å²) in [6.07, 6.45) is 0. The van der Waals surface area contributed by atoms with Crippen LogP contribution in [0.4, 0.5) is 0 Å². The van der Waals surface area contributed by atoms with E-state index in [1.54, 1.807) is 0 Å². The fraction of sp³-hybridized carbons (Fsp3) is 0.154. The molecule has 0 fully saturated rings. The lowest BCUT2D eigenvalue weighted by molar-refractivity contribution is 0.254. The summed E-state index contributed by atoms with van der Waals surface area (Å²) in [4.78, 5) is 2.42. The maximum absolute atomic E-state index is 2.42. The first-order chi connectivity index (χ1) is 13.2. The van der Waals surface area contributed by atoms with Crippen molar-refractivity contribution < 1.29 is 0 Å². The monoisotopic (exact) mass is 351 g/mol. The Morgan fingerprint density at radius 3 is 2.07 bits per heavy atom. The van der Waals surface area contributed by atoms with Crippen molar-refractivity contribution in [3.8, 4) is 11.1 Å². The summed E-state index contributed by atoms with van der Waals surface area (Å²) in [6, 6.07) is 35.1. The number of hydrogen-bond acceptors (Lipinski definition) is 1. The molecule has 0 amide bonds.